The summed E-state index contributed by atoms with van der Waals surface area (Å²) in [5.41, 5.74) is 4.28. The van der Waals surface area contributed by atoms with Gasteiger partial charge in [0.1, 0.15) is 11.5 Å². The predicted molar refractivity (Wildman–Crippen MR) is 281 cm³/mol. The molecule has 0 radical (unpaired) electrons. The lowest BCUT2D eigenvalue weighted by atomic mass is 9.78. The summed E-state index contributed by atoms with van der Waals surface area (Å²) in [7, 11) is 0. The van der Waals surface area contributed by atoms with E-state index in [1.165, 1.54) is 0 Å². The highest BCUT2D eigenvalue weighted by Gasteiger charge is 2.43. The molecule has 68 heavy (non-hydrogen) atoms. The predicted octanol–water partition coefficient (Wildman–Crippen LogP) is 11.2. The third kappa shape index (κ3) is 16.2. The Kier molecular flexibility index (Phi) is 18.0. The number of amides is 2. The average Bonchev–Trinajstić information content (AvgIpc) is 3.13. The molecule has 4 N–H and O–H groups in total. The first-order valence-electron chi connectivity index (χ1n) is 25.9. The number of aromatic hydroxyl groups is 2. The maximum Gasteiger partial charge on any atom is 0.223 e. The van der Waals surface area contributed by atoms with Crippen LogP contribution >= 0.6 is 0 Å². The Bertz CT molecular complexity index is 1790. The first kappa shape index (κ1) is 57.4. The van der Waals surface area contributed by atoms with Gasteiger partial charge in [-0.05, 0) is 149 Å². The fraction of sp³-hybridized carbons (Fsp3) is 0.759. The van der Waals surface area contributed by atoms with Gasteiger partial charge >= 0.3 is 0 Å². The molecular weight excluding hydrogens is 849 g/mol. The van der Waals surface area contributed by atoms with Gasteiger partial charge in [0.25, 0.3) is 0 Å². The summed E-state index contributed by atoms with van der Waals surface area (Å²) in [5.74, 6) is 0.952. The lowest BCUT2D eigenvalue weighted by Crippen LogP contribution is -2.63. The molecule has 2 amide bonds. The van der Waals surface area contributed by atoms with E-state index in [0.717, 1.165) is 59.1 Å². The van der Waals surface area contributed by atoms with Crippen LogP contribution in [0.1, 0.15) is 210 Å². The molecule has 2 aromatic carbocycles. The number of hydrogen-bond acceptors (Lipinski definition) is 8. The van der Waals surface area contributed by atoms with E-state index in [0.29, 0.717) is 76.7 Å². The Morgan fingerprint density at radius 1 is 0.500 bits per heavy atom. The summed E-state index contributed by atoms with van der Waals surface area (Å²) >= 11 is 0. The number of rotatable bonds is 17. The highest BCUT2D eigenvalue weighted by Crippen LogP contribution is 2.42. The number of benzene rings is 2. The van der Waals surface area contributed by atoms with Gasteiger partial charge in [0.05, 0.1) is 26.4 Å². The second kappa shape index (κ2) is 21.3. The Balaban J connectivity index is 1.42. The van der Waals surface area contributed by atoms with Crippen molar-refractivity contribution in [2.45, 2.75) is 246 Å². The van der Waals surface area contributed by atoms with Gasteiger partial charge in [-0.25, -0.2) is 0 Å². The smallest absolute Gasteiger partial charge is 0.223 e. The Morgan fingerprint density at radius 2 is 0.750 bits per heavy atom. The van der Waals surface area contributed by atoms with Crippen molar-refractivity contribution in [3.63, 3.8) is 0 Å². The Labute approximate surface area is 414 Å². The van der Waals surface area contributed by atoms with Crippen LogP contribution in [0.4, 0.5) is 0 Å². The van der Waals surface area contributed by atoms with Crippen LogP contribution in [0.25, 0.3) is 0 Å². The van der Waals surface area contributed by atoms with Crippen LogP contribution in [0.3, 0.4) is 0 Å². The molecule has 2 heterocycles. The first-order chi connectivity index (χ1) is 30.8. The number of phenolic OH excluding ortho intramolecular Hbond substituents is 2. The molecule has 0 aromatic heterocycles. The first-order valence-corrected chi connectivity index (χ1v) is 25.9. The molecule has 0 saturated carbocycles. The van der Waals surface area contributed by atoms with Crippen molar-refractivity contribution in [2.75, 3.05) is 39.5 Å². The summed E-state index contributed by atoms with van der Waals surface area (Å²) in [6.07, 6.45) is 5.31. The summed E-state index contributed by atoms with van der Waals surface area (Å²) in [5, 5.41) is 30.2. The van der Waals surface area contributed by atoms with Crippen LogP contribution in [0.15, 0.2) is 24.3 Å². The largest absolute Gasteiger partial charge is 0.507 e. The van der Waals surface area contributed by atoms with Crippen LogP contribution < -0.4 is 10.6 Å². The van der Waals surface area contributed by atoms with Gasteiger partial charge in [-0.3, -0.25) is 9.59 Å². The molecule has 0 bridgehead atoms. The maximum absolute atomic E-state index is 14.4. The van der Waals surface area contributed by atoms with Crippen LogP contribution in [0, 0.1) is 0 Å². The van der Waals surface area contributed by atoms with Crippen molar-refractivity contribution in [1.29, 1.82) is 0 Å². The topological polar surface area (TPSA) is 124 Å². The molecule has 10 nitrogen and oxygen atoms in total. The van der Waals surface area contributed by atoms with Gasteiger partial charge in [0.2, 0.25) is 11.8 Å². The van der Waals surface area contributed by atoms with E-state index in [2.05, 4.69) is 183 Å². The number of aryl methyl sites for hydroxylation is 2. The van der Waals surface area contributed by atoms with Gasteiger partial charge in [0.15, 0.2) is 0 Å². The molecule has 2 aromatic rings. The normalized spacial score (nSPS) is 18.9. The second-order valence-corrected chi connectivity index (χ2v) is 27.4. The fourth-order valence-corrected chi connectivity index (χ4v) is 11.4. The van der Waals surface area contributed by atoms with Crippen molar-refractivity contribution in [3.8, 4) is 11.5 Å². The zero-order valence-corrected chi connectivity index (χ0v) is 46.8. The molecule has 0 unspecified atom stereocenters. The zero-order valence-electron chi connectivity index (χ0n) is 46.8. The van der Waals surface area contributed by atoms with Gasteiger partial charge in [-0.15, -0.1) is 0 Å². The van der Waals surface area contributed by atoms with Crippen LogP contribution in [-0.2, 0) is 53.6 Å². The Morgan fingerprint density at radius 3 is 0.985 bits per heavy atom. The molecule has 0 spiro atoms. The third-order valence-electron chi connectivity index (χ3n) is 14.0. The fourth-order valence-electron chi connectivity index (χ4n) is 11.4. The number of carbonyl (C=O) groups is 2. The van der Waals surface area contributed by atoms with Crippen molar-refractivity contribution in [2.24, 2.45) is 0 Å². The molecule has 2 fully saturated rings. The highest BCUT2D eigenvalue weighted by molar-refractivity contribution is 5.77. The van der Waals surface area contributed by atoms with E-state index in [1.807, 2.05) is 0 Å². The van der Waals surface area contributed by atoms with Gasteiger partial charge < -0.3 is 40.1 Å². The number of phenols is 2. The lowest BCUT2D eigenvalue weighted by molar-refractivity contribution is -0.137. The molecular formula is C58H98N4O6. The van der Waals surface area contributed by atoms with E-state index in [9.17, 15) is 19.8 Å². The monoisotopic (exact) mass is 947 g/mol. The van der Waals surface area contributed by atoms with Gasteiger partial charge in [-0.2, -0.15) is 0 Å². The van der Waals surface area contributed by atoms with E-state index < -0.39 is 0 Å². The molecule has 2 aliphatic rings. The quantitative estimate of drug-likeness (QED) is 0.116. The highest BCUT2D eigenvalue weighted by atomic mass is 16.5. The van der Waals surface area contributed by atoms with Crippen molar-refractivity contribution in [3.05, 3.63) is 57.6 Å². The minimum absolute atomic E-state index is 0.0623. The summed E-state index contributed by atoms with van der Waals surface area (Å²) in [6.45, 7) is 45.8. The molecule has 2 saturated heterocycles. The standard InChI is InChI=1S/C58H98N4O6/c1-51(2,3)43-31-39(32-44(49(43)65)52(4,5)6)21-23-47(63)61(41-35-55(13,14)59-56(15,16)36-41)25-27-67-29-30-68-28-26-62(42-37-57(17,18)60-58(19,20)38-42)48(64)24-22-40-33-45(53(7,8)9)50(66)46(34-40)54(10,11)12/h31-34,41-42,59-60,65-66H,21-30,35-38H2,1-20H3. The minimum atomic E-state index is -0.245. The van der Waals surface area contributed by atoms with E-state index in [-0.39, 0.29) is 67.7 Å². The molecule has 0 atom stereocenters. The number of carbonyl (C=O) groups excluding carboxylic acids is 2. The zero-order chi connectivity index (χ0) is 51.6. The van der Waals surface area contributed by atoms with Crippen molar-refractivity contribution < 1.29 is 29.3 Å². The maximum atomic E-state index is 14.4. The summed E-state index contributed by atoms with van der Waals surface area (Å²) in [4.78, 5) is 32.9. The SMILES string of the molecule is CC1(C)CC(N(CCOCCOCCN(C(=O)CCc2cc(C(C)(C)C)c(O)c(C(C)(C)C)c2)C2CC(C)(C)NC(C)(C)C2)C(=O)CCc2cc(C(C)(C)C)c(O)c(C(C)(C)C)c2)CC(C)(C)N1. The molecule has 386 valence electrons. The van der Waals surface area contributed by atoms with E-state index in [4.69, 9.17) is 9.47 Å². The second-order valence-electron chi connectivity index (χ2n) is 27.4. The number of nitrogens with one attached hydrogen (secondary N) is 2. The lowest BCUT2D eigenvalue weighted by Gasteiger charge is -2.49. The van der Waals surface area contributed by atoms with E-state index in [1.54, 1.807) is 0 Å². The average molecular weight is 947 g/mol. The van der Waals surface area contributed by atoms with Crippen LogP contribution in [0.2, 0.25) is 0 Å². The van der Waals surface area contributed by atoms with E-state index >= 15 is 0 Å². The van der Waals surface area contributed by atoms with Gasteiger partial charge in [-0.1, -0.05) is 107 Å². The molecule has 10 heteroatoms. The number of ether oxygens (including phenoxy) is 2. The summed E-state index contributed by atoms with van der Waals surface area (Å²) in [6, 6.07) is 8.49. The number of hydrogen-bond donors (Lipinski definition) is 4. The minimum Gasteiger partial charge on any atom is -0.507 e. The molecule has 2 aliphatic heterocycles. The van der Waals surface area contributed by atoms with Gasteiger partial charge in [0, 0.05) is 60.2 Å². The molecule has 0 aliphatic carbocycles. The van der Waals surface area contributed by atoms with Crippen molar-refractivity contribution in [1.82, 2.24) is 20.4 Å². The third-order valence-corrected chi connectivity index (χ3v) is 14.0. The number of piperidine rings is 2. The van der Waals surface area contributed by atoms with Crippen molar-refractivity contribution >= 4 is 11.8 Å². The molecule has 4 rings (SSSR count). The van der Waals surface area contributed by atoms with Crippen LogP contribution in [-0.4, -0.2) is 106 Å². The summed E-state index contributed by atoms with van der Waals surface area (Å²) < 4.78 is 12.4. The Hall–Kier alpha value is -3.18. The number of nitrogens with zero attached hydrogens (tertiary/aromatic N) is 2. The van der Waals surface area contributed by atoms with Crippen LogP contribution in [0.5, 0.6) is 11.5 Å².